The SMILES string of the molecule is CC(C)(C)NCCc1ncc(-c2ccc(F)c(Br)c2)o1. The van der Waals surface area contributed by atoms with Crippen LogP contribution in [0.2, 0.25) is 0 Å². The molecule has 0 saturated heterocycles. The highest BCUT2D eigenvalue weighted by Crippen LogP contribution is 2.25. The molecule has 1 aromatic carbocycles. The predicted molar refractivity (Wildman–Crippen MR) is 81.1 cm³/mol. The first-order valence-electron chi connectivity index (χ1n) is 6.50. The second-order valence-electron chi connectivity index (χ2n) is 5.67. The first-order valence-corrected chi connectivity index (χ1v) is 7.29. The van der Waals surface area contributed by atoms with Crippen LogP contribution in [0.25, 0.3) is 11.3 Å². The Balaban J connectivity index is 2.03. The molecule has 0 aliphatic carbocycles. The number of nitrogens with one attached hydrogen (secondary N) is 1. The van der Waals surface area contributed by atoms with Gasteiger partial charge in [-0.25, -0.2) is 9.37 Å². The van der Waals surface area contributed by atoms with E-state index in [4.69, 9.17) is 4.42 Å². The Morgan fingerprint density at radius 3 is 2.75 bits per heavy atom. The molecule has 0 aliphatic heterocycles. The molecule has 1 N–H and O–H groups in total. The van der Waals surface area contributed by atoms with Crippen molar-refractivity contribution in [2.75, 3.05) is 6.54 Å². The maximum absolute atomic E-state index is 13.2. The maximum Gasteiger partial charge on any atom is 0.196 e. The summed E-state index contributed by atoms with van der Waals surface area (Å²) in [5.74, 6) is 1.04. The van der Waals surface area contributed by atoms with Gasteiger partial charge in [0.15, 0.2) is 11.7 Å². The van der Waals surface area contributed by atoms with Gasteiger partial charge in [0.1, 0.15) is 5.82 Å². The van der Waals surface area contributed by atoms with Crippen molar-refractivity contribution >= 4 is 15.9 Å². The van der Waals surface area contributed by atoms with Crippen molar-refractivity contribution in [3.63, 3.8) is 0 Å². The van der Waals surface area contributed by atoms with Crippen LogP contribution in [0, 0.1) is 5.82 Å². The van der Waals surface area contributed by atoms with Gasteiger partial charge < -0.3 is 9.73 Å². The molecule has 0 radical (unpaired) electrons. The van der Waals surface area contributed by atoms with Gasteiger partial charge in [-0.05, 0) is 54.9 Å². The molecule has 0 aliphatic rings. The van der Waals surface area contributed by atoms with Crippen molar-refractivity contribution in [1.29, 1.82) is 0 Å². The van der Waals surface area contributed by atoms with E-state index in [1.54, 1.807) is 18.3 Å². The molecule has 0 spiro atoms. The summed E-state index contributed by atoms with van der Waals surface area (Å²) in [6.45, 7) is 7.15. The van der Waals surface area contributed by atoms with Crippen molar-refractivity contribution < 1.29 is 8.81 Å². The fourth-order valence-corrected chi connectivity index (χ4v) is 2.13. The van der Waals surface area contributed by atoms with Crippen molar-refractivity contribution in [2.45, 2.75) is 32.7 Å². The van der Waals surface area contributed by atoms with E-state index in [2.05, 4.69) is 47.0 Å². The Kier molecular flexibility index (Phi) is 4.60. The van der Waals surface area contributed by atoms with Gasteiger partial charge in [0.25, 0.3) is 0 Å². The van der Waals surface area contributed by atoms with Crippen LogP contribution in [0.1, 0.15) is 26.7 Å². The van der Waals surface area contributed by atoms with Crippen LogP contribution < -0.4 is 5.32 Å². The summed E-state index contributed by atoms with van der Waals surface area (Å²) in [7, 11) is 0. The highest BCUT2D eigenvalue weighted by molar-refractivity contribution is 9.10. The largest absolute Gasteiger partial charge is 0.441 e. The molecule has 0 fully saturated rings. The minimum atomic E-state index is -0.289. The zero-order valence-electron chi connectivity index (χ0n) is 11.8. The topological polar surface area (TPSA) is 38.1 Å². The summed E-state index contributed by atoms with van der Waals surface area (Å²) < 4.78 is 19.3. The quantitative estimate of drug-likeness (QED) is 0.907. The molecular weight excluding hydrogens is 323 g/mol. The molecule has 3 nitrogen and oxygen atoms in total. The highest BCUT2D eigenvalue weighted by atomic mass is 79.9. The Bertz CT molecular complexity index is 590. The lowest BCUT2D eigenvalue weighted by molar-refractivity contribution is 0.412. The highest BCUT2D eigenvalue weighted by Gasteiger charge is 2.11. The van der Waals surface area contributed by atoms with Gasteiger partial charge in [-0.1, -0.05) is 0 Å². The van der Waals surface area contributed by atoms with Crippen LogP contribution in [0.3, 0.4) is 0 Å². The molecule has 1 heterocycles. The standard InChI is InChI=1S/C15H18BrFN2O/c1-15(2,3)19-7-6-14-18-9-13(20-14)10-4-5-12(17)11(16)8-10/h4-5,8-9,19H,6-7H2,1-3H3. The summed E-state index contributed by atoms with van der Waals surface area (Å²) in [4.78, 5) is 4.25. The smallest absolute Gasteiger partial charge is 0.196 e. The molecule has 1 aromatic heterocycles. The number of benzene rings is 1. The molecule has 0 amide bonds. The third-order valence-electron chi connectivity index (χ3n) is 2.75. The van der Waals surface area contributed by atoms with Crippen molar-refractivity contribution in [2.24, 2.45) is 0 Å². The van der Waals surface area contributed by atoms with E-state index < -0.39 is 0 Å². The molecule has 0 unspecified atom stereocenters. The second-order valence-corrected chi connectivity index (χ2v) is 6.53. The molecule has 0 saturated carbocycles. The fraction of sp³-hybridized carbons (Fsp3) is 0.400. The summed E-state index contributed by atoms with van der Waals surface area (Å²) in [5, 5.41) is 3.38. The Morgan fingerprint density at radius 1 is 1.35 bits per heavy atom. The Hall–Kier alpha value is -1.20. The van der Waals surface area contributed by atoms with Gasteiger partial charge in [0.05, 0.1) is 10.7 Å². The maximum atomic E-state index is 13.2. The summed E-state index contributed by atoms with van der Waals surface area (Å²) >= 11 is 3.17. The molecule has 0 atom stereocenters. The molecule has 108 valence electrons. The van der Waals surface area contributed by atoms with Crippen molar-refractivity contribution in [3.8, 4) is 11.3 Å². The first-order chi connectivity index (χ1) is 9.35. The van der Waals surface area contributed by atoms with Crippen LogP contribution in [0.4, 0.5) is 4.39 Å². The lowest BCUT2D eigenvalue weighted by Crippen LogP contribution is -2.37. The molecular formula is C15H18BrFN2O. The van der Waals surface area contributed by atoms with Crippen LogP contribution in [0.15, 0.2) is 33.3 Å². The molecule has 2 rings (SSSR count). The second kappa shape index (κ2) is 6.06. The Morgan fingerprint density at radius 2 is 2.10 bits per heavy atom. The zero-order chi connectivity index (χ0) is 14.8. The van der Waals surface area contributed by atoms with Gasteiger partial charge in [-0.15, -0.1) is 0 Å². The third kappa shape index (κ3) is 4.15. The van der Waals surface area contributed by atoms with Gasteiger partial charge in [0, 0.05) is 24.1 Å². The average molecular weight is 341 g/mol. The summed E-state index contributed by atoms with van der Waals surface area (Å²) in [5.41, 5.74) is 0.887. The van der Waals surface area contributed by atoms with E-state index in [9.17, 15) is 4.39 Å². The van der Waals surface area contributed by atoms with E-state index in [1.807, 2.05) is 0 Å². The number of rotatable bonds is 4. The van der Waals surface area contributed by atoms with E-state index in [-0.39, 0.29) is 11.4 Å². The molecule has 5 heteroatoms. The molecule has 2 aromatic rings. The van der Waals surface area contributed by atoms with E-state index >= 15 is 0 Å². The monoisotopic (exact) mass is 340 g/mol. The van der Waals surface area contributed by atoms with Gasteiger partial charge >= 0.3 is 0 Å². The van der Waals surface area contributed by atoms with Crippen molar-refractivity contribution in [1.82, 2.24) is 10.3 Å². The average Bonchev–Trinajstić information content (AvgIpc) is 2.80. The summed E-state index contributed by atoms with van der Waals surface area (Å²) in [6, 6.07) is 4.77. The number of halogens is 2. The molecule has 20 heavy (non-hydrogen) atoms. The normalized spacial score (nSPS) is 11.8. The van der Waals surface area contributed by atoms with Crippen molar-refractivity contribution in [3.05, 3.63) is 40.6 Å². The zero-order valence-corrected chi connectivity index (χ0v) is 13.4. The summed E-state index contributed by atoms with van der Waals surface area (Å²) in [6.07, 6.45) is 2.39. The minimum Gasteiger partial charge on any atom is -0.441 e. The number of hydrogen-bond acceptors (Lipinski definition) is 3. The third-order valence-corrected chi connectivity index (χ3v) is 3.36. The van der Waals surface area contributed by atoms with Gasteiger partial charge in [-0.3, -0.25) is 0 Å². The first kappa shape index (κ1) is 15.2. The van der Waals surface area contributed by atoms with Crippen LogP contribution in [0.5, 0.6) is 0 Å². The van der Waals surface area contributed by atoms with E-state index in [0.717, 1.165) is 18.5 Å². The predicted octanol–water partition coefficient (Wildman–Crippen LogP) is 4.17. The number of oxazole rings is 1. The van der Waals surface area contributed by atoms with E-state index in [1.165, 1.54) is 6.07 Å². The number of hydrogen-bond donors (Lipinski definition) is 1. The van der Waals surface area contributed by atoms with Crippen LogP contribution >= 0.6 is 15.9 Å². The molecule has 0 bridgehead atoms. The van der Waals surface area contributed by atoms with Crippen LogP contribution in [-0.4, -0.2) is 17.1 Å². The minimum absolute atomic E-state index is 0.0806. The van der Waals surface area contributed by atoms with Gasteiger partial charge in [0.2, 0.25) is 0 Å². The number of nitrogens with zero attached hydrogens (tertiary/aromatic N) is 1. The lowest BCUT2D eigenvalue weighted by atomic mass is 10.1. The fourth-order valence-electron chi connectivity index (χ4n) is 1.75. The number of aromatic nitrogens is 1. The Labute approximate surface area is 126 Å². The van der Waals surface area contributed by atoms with Crippen LogP contribution in [-0.2, 0) is 6.42 Å². The van der Waals surface area contributed by atoms with Gasteiger partial charge in [-0.2, -0.15) is 0 Å². The lowest BCUT2D eigenvalue weighted by Gasteiger charge is -2.19. The van der Waals surface area contributed by atoms with E-state index in [0.29, 0.717) is 16.1 Å².